The summed E-state index contributed by atoms with van der Waals surface area (Å²) < 4.78 is 0. The number of anilines is 1. The number of benzene rings is 1. The summed E-state index contributed by atoms with van der Waals surface area (Å²) in [6, 6.07) is 9.46. The first-order valence-corrected chi connectivity index (χ1v) is 6.94. The van der Waals surface area contributed by atoms with Gasteiger partial charge < -0.3 is 5.32 Å². The fourth-order valence-corrected chi connectivity index (χ4v) is 2.67. The Bertz CT molecular complexity index is 436. The van der Waals surface area contributed by atoms with E-state index < -0.39 is 5.37 Å². The first-order chi connectivity index (χ1) is 8.72. The maximum absolute atomic E-state index is 12.0. The van der Waals surface area contributed by atoms with Crippen LogP contribution in [0.15, 0.2) is 30.3 Å². The van der Waals surface area contributed by atoms with Crippen LogP contribution in [0.25, 0.3) is 0 Å². The predicted octanol–water partition coefficient (Wildman–Crippen LogP) is 2.92. The van der Waals surface area contributed by atoms with Crippen molar-refractivity contribution in [2.24, 2.45) is 0 Å². The summed E-state index contributed by atoms with van der Waals surface area (Å²) in [6.07, 6.45) is 1.83. The van der Waals surface area contributed by atoms with Crippen LogP contribution in [-0.4, -0.2) is 28.0 Å². The second-order valence-electron chi connectivity index (χ2n) is 4.12. The van der Waals surface area contributed by atoms with E-state index in [1.165, 1.54) is 4.90 Å². The summed E-state index contributed by atoms with van der Waals surface area (Å²) in [5, 5.41) is 2.44. The number of amides is 2. The van der Waals surface area contributed by atoms with Crippen molar-refractivity contribution >= 4 is 28.6 Å². The molecule has 0 bridgehead atoms. The molecule has 18 heavy (non-hydrogen) atoms. The first kappa shape index (κ1) is 13.0. The third-order valence-corrected chi connectivity index (χ3v) is 3.71. The van der Waals surface area contributed by atoms with E-state index in [9.17, 15) is 9.59 Å². The molecule has 0 aliphatic carbocycles. The lowest BCUT2D eigenvalue weighted by Crippen LogP contribution is -2.34. The van der Waals surface area contributed by atoms with Crippen molar-refractivity contribution in [1.29, 1.82) is 0 Å². The summed E-state index contributed by atoms with van der Waals surface area (Å²) in [7, 11) is 0. The van der Waals surface area contributed by atoms with Gasteiger partial charge in [0.1, 0.15) is 0 Å². The fraction of sp³-hybridized carbons (Fsp3) is 0.385. The number of unbranched alkanes of at least 4 members (excludes halogenated alkanes) is 1. The van der Waals surface area contributed by atoms with Gasteiger partial charge in [-0.2, -0.15) is 0 Å². The number of hydrogen-bond acceptors (Lipinski definition) is 4. The Morgan fingerprint density at radius 3 is 2.67 bits per heavy atom. The van der Waals surface area contributed by atoms with Crippen molar-refractivity contribution in [2.45, 2.75) is 25.1 Å². The SMILES string of the molecule is CCCCN1C(=O)S[C@@H](Nc2ccccc2)C1=O. The molecule has 5 heteroatoms. The Labute approximate surface area is 111 Å². The lowest BCUT2D eigenvalue weighted by atomic mass is 10.3. The number of nitrogens with one attached hydrogen (secondary N) is 1. The van der Waals surface area contributed by atoms with Crippen LogP contribution in [0.2, 0.25) is 0 Å². The van der Waals surface area contributed by atoms with Crippen molar-refractivity contribution in [3.05, 3.63) is 30.3 Å². The molecule has 2 amide bonds. The second kappa shape index (κ2) is 5.91. The maximum Gasteiger partial charge on any atom is 0.290 e. The Balaban J connectivity index is 1.99. The van der Waals surface area contributed by atoms with E-state index in [1.54, 1.807) is 0 Å². The highest BCUT2D eigenvalue weighted by atomic mass is 32.2. The van der Waals surface area contributed by atoms with Gasteiger partial charge in [-0.3, -0.25) is 14.5 Å². The molecular weight excluding hydrogens is 248 g/mol. The molecule has 2 rings (SSSR count). The maximum atomic E-state index is 12.0. The number of para-hydroxylation sites is 1. The van der Waals surface area contributed by atoms with Crippen molar-refractivity contribution in [1.82, 2.24) is 4.90 Å². The van der Waals surface area contributed by atoms with Gasteiger partial charge in [-0.25, -0.2) is 0 Å². The number of thioether (sulfide) groups is 1. The van der Waals surface area contributed by atoms with Gasteiger partial charge in [0.15, 0.2) is 5.37 Å². The van der Waals surface area contributed by atoms with Gasteiger partial charge in [-0.1, -0.05) is 31.5 Å². The molecular formula is C13H16N2O2S. The normalized spacial score (nSPS) is 19.4. The van der Waals surface area contributed by atoms with Crippen LogP contribution in [0.3, 0.4) is 0 Å². The van der Waals surface area contributed by atoms with Crippen LogP contribution in [0.1, 0.15) is 19.8 Å². The average molecular weight is 264 g/mol. The minimum atomic E-state index is -0.489. The number of imide groups is 1. The van der Waals surface area contributed by atoms with E-state index in [0.29, 0.717) is 6.54 Å². The van der Waals surface area contributed by atoms with Gasteiger partial charge in [0.2, 0.25) is 0 Å². The van der Waals surface area contributed by atoms with Crippen molar-refractivity contribution < 1.29 is 9.59 Å². The number of carbonyl (C=O) groups is 2. The highest BCUT2D eigenvalue weighted by molar-refractivity contribution is 8.15. The summed E-state index contributed by atoms with van der Waals surface area (Å²) in [4.78, 5) is 25.1. The lowest BCUT2D eigenvalue weighted by molar-refractivity contribution is -0.126. The zero-order valence-electron chi connectivity index (χ0n) is 10.3. The third kappa shape index (κ3) is 2.85. The molecule has 0 spiro atoms. The molecule has 1 aromatic carbocycles. The number of nitrogens with zero attached hydrogens (tertiary/aromatic N) is 1. The van der Waals surface area contributed by atoms with Crippen LogP contribution in [0, 0.1) is 0 Å². The quantitative estimate of drug-likeness (QED) is 0.888. The molecule has 0 aromatic heterocycles. The van der Waals surface area contributed by atoms with Gasteiger partial charge in [-0.05, 0) is 30.3 Å². The number of rotatable bonds is 5. The molecule has 1 aromatic rings. The third-order valence-electron chi connectivity index (χ3n) is 2.74. The van der Waals surface area contributed by atoms with Crippen molar-refractivity contribution in [3.63, 3.8) is 0 Å². The van der Waals surface area contributed by atoms with E-state index >= 15 is 0 Å². The van der Waals surface area contributed by atoms with Gasteiger partial charge >= 0.3 is 0 Å². The van der Waals surface area contributed by atoms with E-state index in [1.807, 2.05) is 37.3 Å². The van der Waals surface area contributed by atoms with E-state index in [-0.39, 0.29) is 11.1 Å². The van der Waals surface area contributed by atoms with Gasteiger partial charge in [0.05, 0.1) is 0 Å². The average Bonchev–Trinajstić information content (AvgIpc) is 2.64. The fourth-order valence-electron chi connectivity index (χ4n) is 1.74. The van der Waals surface area contributed by atoms with Crippen LogP contribution in [-0.2, 0) is 4.79 Å². The zero-order valence-corrected chi connectivity index (χ0v) is 11.1. The molecule has 96 valence electrons. The smallest absolute Gasteiger partial charge is 0.290 e. The minimum Gasteiger partial charge on any atom is -0.365 e. The summed E-state index contributed by atoms with van der Waals surface area (Å²) in [5.74, 6) is -0.137. The highest BCUT2D eigenvalue weighted by Gasteiger charge is 2.39. The molecule has 1 N–H and O–H groups in total. The molecule has 0 saturated carbocycles. The number of hydrogen-bond donors (Lipinski definition) is 1. The Morgan fingerprint density at radius 1 is 1.28 bits per heavy atom. The Kier molecular flexibility index (Phi) is 4.25. The van der Waals surface area contributed by atoms with Crippen LogP contribution < -0.4 is 5.32 Å². The van der Waals surface area contributed by atoms with Gasteiger partial charge in [0, 0.05) is 12.2 Å². The molecule has 1 heterocycles. The largest absolute Gasteiger partial charge is 0.365 e. The van der Waals surface area contributed by atoms with Gasteiger partial charge in [0.25, 0.3) is 11.1 Å². The Morgan fingerprint density at radius 2 is 2.00 bits per heavy atom. The molecule has 1 saturated heterocycles. The molecule has 0 radical (unpaired) electrons. The topological polar surface area (TPSA) is 49.4 Å². The van der Waals surface area contributed by atoms with E-state index in [0.717, 1.165) is 30.3 Å². The monoisotopic (exact) mass is 264 g/mol. The predicted molar refractivity (Wildman–Crippen MR) is 73.5 cm³/mol. The van der Waals surface area contributed by atoms with Crippen molar-refractivity contribution in [2.75, 3.05) is 11.9 Å². The minimum absolute atomic E-state index is 0.137. The zero-order chi connectivity index (χ0) is 13.0. The molecule has 1 atom stereocenters. The first-order valence-electron chi connectivity index (χ1n) is 6.06. The van der Waals surface area contributed by atoms with Crippen molar-refractivity contribution in [3.8, 4) is 0 Å². The van der Waals surface area contributed by atoms with Gasteiger partial charge in [-0.15, -0.1) is 0 Å². The lowest BCUT2D eigenvalue weighted by Gasteiger charge is -2.14. The highest BCUT2D eigenvalue weighted by Crippen LogP contribution is 2.28. The standard InChI is InChI=1S/C13H16N2O2S/c1-2-3-9-15-12(16)11(18-13(15)17)14-10-7-5-4-6-8-10/h4-8,11,14H,2-3,9H2,1H3/t11-/m1/s1. The van der Waals surface area contributed by atoms with E-state index in [4.69, 9.17) is 0 Å². The number of carbonyl (C=O) groups excluding carboxylic acids is 2. The summed E-state index contributed by atoms with van der Waals surface area (Å²) in [6.45, 7) is 2.56. The summed E-state index contributed by atoms with van der Waals surface area (Å²) >= 11 is 1.05. The molecule has 4 nitrogen and oxygen atoms in total. The second-order valence-corrected chi connectivity index (χ2v) is 5.17. The van der Waals surface area contributed by atoms with Crippen LogP contribution in [0.4, 0.5) is 10.5 Å². The van der Waals surface area contributed by atoms with Crippen LogP contribution in [0.5, 0.6) is 0 Å². The molecule has 1 aliphatic rings. The molecule has 1 aliphatic heterocycles. The molecule has 1 fully saturated rings. The van der Waals surface area contributed by atoms with Crippen LogP contribution >= 0.6 is 11.8 Å². The van der Waals surface area contributed by atoms with E-state index in [2.05, 4.69) is 5.32 Å². The summed E-state index contributed by atoms with van der Waals surface area (Å²) in [5.41, 5.74) is 0.855. The molecule has 0 unspecified atom stereocenters. The Hall–Kier alpha value is -1.49.